The van der Waals surface area contributed by atoms with Gasteiger partial charge in [-0.1, -0.05) is 24.3 Å². The fourth-order valence-electron chi connectivity index (χ4n) is 2.43. The average molecular weight is 359 g/mol. The second-order valence-corrected chi connectivity index (χ2v) is 6.63. The van der Waals surface area contributed by atoms with Gasteiger partial charge in [0, 0.05) is 5.75 Å². The van der Waals surface area contributed by atoms with Crippen molar-refractivity contribution >= 4 is 17.7 Å². The number of nitrogens with one attached hydrogen (secondary N) is 1. The molecule has 0 bridgehead atoms. The monoisotopic (exact) mass is 359 g/mol. The van der Waals surface area contributed by atoms with Gasteiger partial charge in [-0.15, -0.1) is 11.8 Å². The Morgan fingerprint density at radius 2 is 1.96 bits per heavy atom. The molecule has 1 aliphatic heterocycles. The maximum absolute atomic E-state index is 12.0. The van der Waals surface area contributed by atoms with Crippen LogP contribution < -0.4 is 19.5 Å². The zero-order valence-corrected chi connectivity index (χ0v) is 14.9. The number of fused-ring (bicyclic) bond motifs is 1. The molecule has 1 amide bonds. The topological polar surface area (TPSA) is 56.8 Å². The smallest absolute Gasteiger partial charge is 0.230 e. The minimum Gasteiger partial charge on any atom is -0.497 e. The van der Waals surface area contributed by atoms with E-state index in [2.05, 4.69) is 5.32 Å². The summed E-state index contributed by atoms with van der Waals surface area (Å²) in [4.78, 5) is 12.0. The molecule has 3 rings (SSSR count). The fraction of sp³-hybridized carbons (Fsp3) is 0.316. The molecule has 1 heterocycles. The molecule has 0 saturated carbocycles. The van der Waals surface area contributed by atoms with Crippen LogP contribution in [0.2, 0.25) is 0 Å². The van der Waals surface area contributed by atoms with E-state index in [9.17, 15) is 4.79 Å². The molecule has 25 heavy (non-hydrogen) atoms. The number of ether oxygens (including phenoxy) is 3. The van der Waals surface area contributed by atoms with Crippen molar-refractivity contribution in [3.05, 3.63) is 54.1 Å². The first-order chi connectivity index (χ1) is 12.2. The van der Waals surface area contributed by atoms with Crippen molar-refractivity contribution in [3.8, 4) is 17.2 Å². The van der Waals surface area contributed by atoms with Crippen molar-refractivity contribution < 1.29 is 19.0 Å². The van der Waals surface area contributed by atoms with Gasteiger partial charge in [0.2, 0.25) is 5.91 Å². The largest absolute Gasteiger partial charge is 0.497 e. The number of benzene rings is 2. The molecule has 0 fully saturated rings. The SMILES string of the molecule is COc1ccc(CSCC(=O)NCC2COc3ccccc3O2)cc1. The number of carbonyl (C=O) groups is 1. The molecule has 0 saturated heterocycles. The summed E-state index contributed by atoms with van der Waals surface area (Å²) in [6, 6.07) is 15.4. The van der Waals surface area contributed by atoms with Gasteiger partial charge in [0.1, 0.15) is 18.5 Å². The van der Waals surface area contributed by atoms with Gasteiger partial charge in [-0.2, -0.15) is 0 Å². The molecule has 2 aromatic carbocycles. The highest BCUT2D eigenvalue weighted by molar-refractivity contribution is 7.99. The summed E-state index contributed by atoms with van der Waals surface area (Å²) in [6.45, 7) is 0.881. The van der Waals surface area contributed by atoms with E-state index < -0.39 is 0 Å². The lowest BCUT2D eigenvalue weighted by atomic mass is 10.2. The van der Waals surface area contributed by atoms with E-state index in [1.165, 1.54) is 5.56 Å². The summed E-state index contributed by atoms with van der Waals surface area (Å²) >= 11 is 1.58. The first-order valence-corrected chi connectivity index (χ1v) is 9.26. The van der Waals surface area contributed by atoms with Crippen molar-refractivity contribution in [2.45, 2.75) is 11.9 Å². The molecule has 1 N–H and O–H groups in total. The lowest BCUT2D eigenvalue weighted by Crippen LogP contribution is -2.41. The van der Waals surface area contributed by atoms with Gasteiger partial charge in [-0.3, -0.25) is 4.79 Å². The summed E-state index contributed by atoms with van der Waals surface area (Å²) < 4.78 is 16.6. The Balaban J connectivity index is 1.35. The van der Waals surface area contributed by atoms with Crippen molar-refractivity contribution in [1.82, 2.24) is 5.32 Å². The average Bonchev–Trinajstić information content (AvgIpc) is 2.67. The van der Waals surface area contributed by atoms with Crippen molar-refractivity contribution in [3.63, 3.8) is 0 Å². The highest BCUT2D eigenvalue weighted by Gasteiger charge is 2.20. The predicted octanol–water partition coefficient (Wildman–Crippen LogP) is 2.88. The normalized spacial score (nSPS) is 15.5. The van der Waals surface area contributed by atoms with Crippen LogP contribution in [0.1, 0.15) is 5.56 Å². The van der Waals surface area contributed by atoms with Crippen LogP contribution in [0.15, 0.2) is 48.5 Å². The van der Waals surface area contributed by atoms with E-state index in [1.807, 2.05) is 48.5 Å². The number of thioether (sulfide) groups is 1. The van der Waals surface area contributed by atoms with Gasteiger partial charge in [0.05, 0.1) is 19.4 Å². The number of methoxy groups -OCH3 is 1. The van der Waals surface area contributed by atoms with Gasteiger partial charge in [0.25, 0.3) is 0 Å². The van der Waals surface area contributed by atoms with Crippen LogP contribution in [-0.2, 0) is 10.5 Å². The van der Waals surface area contributed by atoms with E-state index in [1.54, 1.807) is 18.9 Å². The fourth-order valence-corrected chi connectivity index (χ4v) is 3.24. The second kappa shape index (κ2) is 8.67. The molecule has 132 valence electrons. The number of rotatable bonds is 7. The van der Waals surface area contributed by atoms with Crippen molar-refractivity contribution in [2.75, 3.05) is 26.0 Å². The number of amides is 1. The molecule has 0 aliphatic carbocycles. The minimum atomic E-state index is -0.162. The van der Waals surface area contributed by atoms with Crippen LogP contribution >= 0.6 is 11.8 Å². The van der Waals surface area contributed by atoms with Crippen LogP contribution in [0.3, 0.4) is 0 Å². The number of para-hydroxylation sites is 2. The zero-order chi connectivity index (χ0) is 17.5. The molecule has 2 aromatic rings. The molecule has 6 heteroatoms. The minimum absolute atomic E-state index is 0.000898. The third-order valence-corrected chi connectivity index (χ3v) is 4.76. The molecule has 0 spiro atoms. The first kappa shape index (κ1) is 17.5. The number of hydrogen-bond acceptors (Lipinski definition) is 5. The second-order valence-electron chi connectivity index (χ2n) is 5.64. The molecular weight excluding hydrogens is 338 g/mol. The highest BCUT2D eigenvalue weighted by Crippen LogP contribution is 2.30. The van der Waals surface area contributed by atoms with Crippen LogP contribution in [0.5, 0.6) is 17.2 Å². The Hall–Kier alpha value is -2.34. The molecule has 1 atom stereocenters. The summed E-state index contributed by atoms with van der Waals surface area (Å²) in [5, 5.41) is 2.90. The number of hydrogen-bond donors (Lipinski definition) is 1. The Bertz CT molecular complexity index is 705. The summed E-state index contributed by atoms with van der Waals surface area (Å²) in [5.41, 5.74) is 1.17. The van der Waals surface area contributed by atoms with Crippen LogP contribution in [0.4, 0.5) is 0 Å². The van der Waals surface area contributed by atoms with E-state index in [4.69, 9.17) is 14.2 Å². The standard InChI is InChI=1S/C19H21NO4S/c1-22-15-8-6-14(7-9-15)12-25-13-19(21)20-10-16-11-23-17-4-2-3-5-18(17)24-16/h2-9,16H,10-13H2,1H3,(H,20,21). The maximum atomic E-state index is 12.0. The van der Waals surface area contributed by atoms with Gasteiger partial charge < -0.3 is 19.5 Å². The Morgan fingerprint density at radius 3 is 2.72 bits per heavy atom. The molecule has 5 nitrogen and oxygen atoms in total. The molecular formula is C19H21NO4S. The summed E-state index contributed by atoms with van der Waals surface area (Å²) in [5.74, 6) is 3.51. The van der Waals surface area contributed by atoms with Crippen LogP contribution in [-0.4, -0.2) is 38.0 Å². The molecule has 0 aromatic heterocycles. The van der Waals surface area contributed by atoms with E-state index in [0.29, 0.717) is 18.9 Å². The first-order valence-electron chi connectivity index (χ1n) is 8.10. The van der Waals surface area contributed by atoms with Gasteiger partial charge >= 0.3 is 0 Å². The lowest BCUT2D eigenvalue weighted by molar-refractivity contribution is -0.119. The third kappa shape index (κ3) is 5.06. The zero-order valence-electron chi connectivity index (χ0n) is 14.1. The maximum Gasteiger partial charge on any atom is 0.230 e. The third-order valence-electron chi connectivity index (χ3n) is 3.76. The summed E-state index contributed by atoms with van der Waals surface area (Å²) in [7, 11) is 1.65. The van der Waals surface area contributed by atoms with E-state index in [0.717, 1.165) is 23.0 Å². The Morgan fingerprint density at radius 1 is 1.20 bits per heavy atom. The quantitative estimate of drug-likeness (QED) is 0.824. The number of carbonyl (C=O) groups excluding carboxylic acids is 1. The summed E-state index contributed by atoms with van der Waals surface area (Å²) in [6.07, 6.45) is -0.162. The Kier molecular flexibility index (Phi) is 6.06. The molecule has 1 aliphatic rings. The highest BCUT2D eigenvalue weighted by atomic mass is 32.2. The predicted molar refractivity (Wildman–Crippen MR) is 98.5 cm³/mol. The van der Waals surface area contributed by atoms with E-state index in [-0.39, 0.29) is 12.0 Å². The van der Waals surface area contributed by atoms with E-state index >= 15 is 0 Å². The lowest BCUT2D eigenvalue weighted by Gasteiger charge is -2.26. The Labute approximate surface area is 151 Å². The molecule has 0 radical (unpaired) electrons. The van der Waals surface area contributed by atoms with Gasteiger partial charge in [-0.25, -0.2) is 0 Å². The van der Waals surface area contributed by atoms with Gasteiger partial charge in [-0.05, 0) is 29.8 Å². The molecule has 1 unspecified atom stereocenters. The van der Waals surface area contributed by atoms with Crippen LogP contribution in [0, 0.1) is 0 Å². The van der Waals surface area contributed by atoms with Crippen molar-refractivity contribution in [2.24, 2.45) is 0 Å². The van der Waals surface area contributed by atoms with Gasteiger partial charge in [0.15, 0.2) is 11.5 Å². The van der Waals surface area contributed by atoms with Crippen LogP contribution in [0.25, 0.3) is 0 Å². The van der Waals surface area contributed by atoms with Crippen molar-refractivity contribution in [1.29, 1.82) is 0 Å².